The van der Waals surface area contributed by atoms with E-state index in [1.807, 2.05) is 0 Å². The number of nitro groups is 1. The molecule has 0 aliphatic rings. The first-order valence-corrected chi connectivity index (χ1v) is 6.14. The summed E-state index contributed by atoms with van der Waals surface area (Å²) in [7, 11) is 1.55. The molecule has 1 amide bonds. The first-order valence-electron chi connectivity index (χ1n) is 6.14. The number of nitrogens with one attached hydrogen (secondary N) is 1. The largest absolute Gasteiger partial charge is 0.481 e. The van der Waals surface area contributed by atoms with Crippen LogP contribution in [0.2, 0.25) is 0 Å². The maximum absolute atomic E-state index is 11.9. The molecular formula is C12H17N3O5. The van der Waals surface area contributed by atoms with Crippen molar-refractivity contribution in [2.24, 2.45) is 7.05 Å². The predicted octanol–water partition coefficient (Wildman–Crippen LogP) is 1.31. The van der Waals surface area contributed by atoms with Gasteiger partial charge in [-0.1, -0.05) is 0 Å². The van der Waals surface area contributed by atoms with Gasteiger partial charge in [-0.15, -0.1) is 0 Å². The molecule has 8 heteroatoms. The van der Waals surface area contributed by atoms with E-state index in [1.54, 1.807) is 14.0 Å². The summed E-state index contributed by atoms with van der Waals surface area (Å²) in [6, 6.07) is 1.01. The molecule has 0 radical (unpaired) electrons. The number of hydrogen-bond acceptors (Lipinski definition) is 4. The Bertz CT molecular complexity index is 523. The minimum Gasteiger partial charge on any atom is -0.481 e. The van der Waals surface area contributed by atoms with Crippen LogP contribution in [0.25, 0.3) is 0 Å². The van der Waals surface area contributed by atoms with E-state index < -0.39 is 16.8 Å². The fraction of sp³-hybridized carbons (Fsp3) is 0.500. The minimum absolute atomic E-state index is 0.0514. The second kappa shape index (κ2) is 6.69. The number of aromatic nitrogens is 1. The lowest BCUT2D eigenvalue weighted by atomic mass is 10.1. The van der Waals surface area contributed by atoms with E-state index >= 15 is 0 Å². The van der Waals surface area contributed by atoms with Crippen molar-refractivity contribution in [2.45, 2.75) is 32.2 Å². The molecular weight excluding hydrogens is 266 g/mol. The first kappa shape index (κ1) is 15.7. The highest BCUT2D eigenvalue weighted by atomic mass is 16.6. The van der Waals surface area contributed by atoms with Crippen molar-refractivity contribution < 1.29 is 19.6 Å². The van der Waals surface area contributed by atoms with Gasteiger partial charge >= 0.3 is 5.97 Å². The smallest absolute Gasteiger partial charge is 0.303 e. The zero-order chi connectivity index (χ0) is 15.3. The molecule has 0 aromatic carbocycles. The molecule has 0 bridgehead atoms. The monoisotopic (exact) mass is 283 g/mol. The Hall–Kier alpha value is -2.38. The molecule has 1 aromatic heterocycles. The third-order valence-corrected chi connectivity index (χ3v) is 2.84. The Kier molecular flexibility index (Phi) is 5.24. The maximum atomic E-state index is 11.9. The maximum Gasteiger partial charge on any atom is 0.303 e. The molecule has 0 saturated carbocycles. The van der Waals surface area contributed by atoms with Crippen molar-refractivity contribution in [2.75, 3.05) is 0 Å². The van der Waals surface area contributed by atoms with Gasteiger partial charge in [0, 0.05) is 25.6 Å². The van der Waals surface area contributed by atoms with Gasteiger partial charge < -0.3 is 15.0 Å². The Morgan fingerprint density at radius 1 is 1.55 bits per heavy atom. The van der Waals surface area contributed by atoms with Crippen LogP contribution in [0.15, 0.2) is 12.3 Å². The molecule has 1 aromatic rings. The van der Waals surface area contributed by atoms with Crippen LogP contribution in [0.5, 0.6) is 0 Å². The molecule has 0 aliphatic heterocycles. The van der Waals surface area contributed by atoms with Gasteiger partial charge in [-0.2, -0.15) is 0 Å². The Morgan fingerprint density at radius 2 is 2.20 bits per heavy atom. The van der Waals surface area contributed by atoms with Crippen molar-refractivity contribution in [3.05, 3.63) is 28.1 Å². The summed E-state index contributed by atoms with van der Waals surface area (Å²) in [6.45, 7) is 1.76. The molecule has 0 fully saturated rings. The number of carbonyl (C=O) groups is 2. The van der Waals surface area contributed by atoms with Crippen LogP contribution in [-0.4, -0.2) is 32.5 Å². The number of rotatable bonds is 7. The topological polar surface area (TPSA) is 114 Å². The Balaban J connectivity index is 2.58. The number of carbonyl (C=O) groups excluding carboxylic acids is 1. The normalized spacial score (nSPS) is 11.9. The summed E-state index contributed by atoms with van der Waals surface area (Å²) < 4.78 is 1.39. The van der Waals surface area contributed by atoms with Crippen molar-refractivity contribution in [3.63, 3.8) is 0 Å². The summed E-state index contributed by atoms with van der Waals surface area (Å²) in [5.41, 5.74) is 0.0537. The highest BCUT2D eigenvalue weighted by Gasteiger charge is 2.18. The highest BCUT2D eigenvalue weighted by Crippen LogP contribution is 2.15. The van der Waals surface area contributed by atoms with Crippen molar-refractivity contribution in [1.82, 2.24) is 9.88 Å². The zero-order valence-corrected chi connectivity index (χ0v) is 11.3. The average molecular weight is 283 g/mol. The van der Waals surface area contributed by atoms with E-state index in [1.165, 1.54) is 16.8 Å². The molecule has 2 N–H and O–H groups in total. The molecule has 1 unspecified atom stereocenters. The number of aliphatic carboxylic acids is 1. The Labute approximate surface area is 115 Å². The number of hydrogen-bond donors (Lipinski definition) is 2. The van der Waals surface area contributed by atoms with Crippen molar-refractivity contribution in [1.29, 1.82) is 0 Å². The molecule has 1 rings (SSSR count). The predicted molar refractivity (Wildman–Crippen MR) is 70.5 cm³/mol. The zero-order valence-electron chi connectivity index (χ0n) is 11.3. The van der Waals surface area contributed by atoms with Gasteiger partial charge in [-0.25, -0.2) is 0 Å². The summed E-state index contributed by atoms with van der Waals surface area (Å²) in [5.74, 6) is -1.29. The Morgan fingerprint density at radius 3 is 2.70 bits per heavy atom. The quantitative estimate of drug-likeness (QED) is 0.578. The number of amides is 1. The molecule has 0 spiro atoms. The van der Waals surface area contributed by atoms with Gasteiger partial charge in [-0.05, 0) is 19.8 Å². The van der Waals surface area contributed by atoms with Gasteiger partial charge in [0.1, 0.15) is 5.69 Å². The molecule has 20 heavy (non-hydrogen) atoms. The van der Waals surface area contributed by atoms with Gasteiger partial charge in [0.25, 0.3) is 11.6 Å². The lowest BCUT2D eigenvalue weighted by Gasteiger charge is -2.13. The third-order valence-electron chi connectivity index (χ3n) is 2.84. The van der Waals surface area contributed by atoms with E-state index in [0.29, 0.717) is 12.8 Å². The summed E-state index contributed by atoms with van der Waals surface area (Å²) in [6.07, 6.45) is 2.31. The van der Waals surface area contributed by atoms with Crippen molar-refractivity contribution in [3.8, 4) is 0 Å². The second-order valence-electron chi connectivity index (χ2n) is 4.61. The lowest BCUT2D eigenvalue weighted by molar-refractivity contribution is -0.384. The minimum atomic E-state index is -0.874. The fourth-order valence-corrected chi connectivity index (χ4v) is 1.80. The molecule has 0 saturated heterocycles. The lowest BCUT2D eigenvalue weighted by Crippen LogP contribution is -2.33. The molecule has 0 aliphatic carbocycles. The SMILES string of the molecule is CC(CCCC(=O)O)NC(=O)c1cc([N+](=O)[O-])cn1C. The molecule has 1 atom stereocenters. The first-order chi connectivity index (χ1) is 9.31. The van der Waals surface area contributed by atoms with Crippen LogP contribution >= 0.6 is 0 Å². The van der Waals surface area contributed by atoms with Crippen LogP contribution in [-0.2, 0) is 11.8 Å². The number of carboxylic acids is 1. The number of carboxylic acid groups (broad SMARTS) is 1. The van der Waals surface area contributed by atoms with E-state index in [4.69, 9.17) is 5.11 Å². The molecule has 110 valence electrons. The van der Waals surface area contributed by atoms with Crippen molar-refractivity contribution >= 4 is 17.6 Å². The van der Waals surface area contributed by atoms with Gasteiger partial charge in [-0.3, -0.25) is 19.7 Å². The van der Waals surface area contributed by atoms with E-state index in [2.05, 4.69) is 5.32 Å². The van der Waals surface area contributed by atoms with Crippen LogP contribution in [0.3, 0.4) is 0 Å². The summed E-state index contributed by atoms with van der Waals surface area (Å²) in [5, 5.41) is 21.8. The van der Waals surface area contributed by atoms with Crippen LogP contribution in [0, 0.1) is 10.1 Å². The number of aryl methyl sites for hydroxylation is 1. The van der Waals surface area contributed by atoms with Gasteiger partial charge in [0.15, 0.2) is 0 Å². The van der Waals surface area contributed by atoms with Gasteiger partial charge in [0.2, 0.25) is 0 Å². The summed E-state index contributed by atoms with van der Waals surface area (Å²) in [4.78, 5) is 32.4. The highest BCUT2D eigenvalue weighted by molar-refractivity contribution is 5.93. The number of nitrogens with zero attached hydrogens (tertiary/aromatic N) is 2. The average Bonchev–Trinajstić information content (AvgIpc) is 2.71. The summed E-state index contributed by atoms with van der Waals surface area (Å²) >= 11 is 0. The van der Waals surface area contributed by atoms with Crippen LogP contribution < -0.4 is 5.32 Å². The second-order valence-corrected chi connectivity index (χ2v) is 4.61. The fourth-order valence-electron chi connectivity index (χ4n) is 1.80. The third kappa shape index (κ3) is 4.38. The molecule has 8 nitrogen and oxygen atoms in total. The van der Waals surface area contributed by atoms with Gasteiger partial charge in [0.05, 0.1) is 11.1 Å². The van der Waals surface area contributed by atoms with E-state index in [0.717, 1.165) is 0 Å². The van der Waals surface area contributed by atoms with Crippen LogP contribution in [0.1, 0.15) is 36.7 Å². The standard InChI is InChI=1S/C12H17N3O5/c1-8(4-3-5-11(16)17)13-12(18)10-6-9(15(19)20)7-14(10)2/h6-8H,3-5H2,1-2H3,(H,13,18)(H,16,17). The van der Waals surface area contributed by atoms with E-state index in [-0.39, 0.29) is 23.8 Å². The molecule has 1 heterocycles. The van der Waals surface area contributed by atoms with E-state index in [9.17, 15) is 19.7 Å². The van der Waals surface area contributed by atoms with Crippen LogP contribution in [0.4, 0.5) is 5.69 Å².